The molecule has 0 saturated carbocycles. The summed E-state index contributed by atoms with van der Waals surface area (Å²) in [5.74, 6) is -1.31. The highest BCUT2D eigenvalue weighted by atomic mass is 16.4. The first-order valence-electron chi connectivity index (χ1n) is 7.12. The maximum absolute atomic E-state index is 12.3. The predicted octanol–water partition coefficient (Wildman–Crippen LogP) is 2.02. The Morgan fingerprint density at radius 1 is 1.30 bits per heavy atom. The molecule has 0 radical (unpaired) electrons. The number of fused-ring (bicyclic) bond motifs is 1. The fraction of sp³-hybridized carbons (Fsp3) is 0.500. The van der Waals surface area contributed by atoms with E-state index in [2.05, 4.69) is 5.32 Å². The van der Waals surface area contributed by atoms with Crippen molar-refractivity contribution < 1.29 is 14.7 Å². The fourth-order valence-corrected chi connectivity index (χ4v) is 2.70. The molecular formula is C16H21NO3. The highest BCUT2D eigenvalue weighted by Gasteiger charge is 2.31. The Morgan fingerprint density at radius 3 is 2.30 bits per heavy atom. The molecule has 0 saturated heterocycles. The smallest absolute Gasteiger partial charge is 0.326 e. The van der Waals surface area contributed by atoms with Crippen molar-refractivity contribution >= 4 is 11.9 Å². The summed E-state index contributed by atoms with van der Waals surface area (Å²) in [6.07, 6.45) is 2.13. The van der Waals surface area contributed by atoms with Gasteiger partial charge in [-0.2, -0.15) is 0 Å². The van der Waals surface area contributed by atoms with E-state index in [1.165, 1.54) is 11.1 Å². The molecule has 2 atom stereocenters. The third kappa shape index (κ3) is 3.00. The molecule has 1 aliphatic carbocycles. The lowest BCUT2D eigenvalue weighted by atomic mass is 9.97. The predicted molar refractivity (Wildman–Crippen MR) is 76.4 cm³/mol. The molecule has 0 heterocycles. The highest BCUT2D eigenvalue weighted by Crippen LogP contribution is 2.26. The van der Waals surface area contributed by atoms with Gasteiger partial charge in [-0.15, -0.1) is 0 Å². The molecule has 108 valence electrons. The van der Waals surface area contributed by atoms with E-state index >= 15 is 0 Å². The van der Waals surface area contributed by atoms with Crippen LogP contribution in [0.5, 0.6) is 0 Å². The fourth-order valence-electron chi connectivity index (χ4n) is 2.70. The molecule has 1 unspecified atom stereocenters. The van der Waals surface area contributed by atoms with Gasteiger partial charge in [0.15, 0.2) is 0 Å². The van der Waals surface area contributed by atoms with Crippen LogP contribution in [0.3, 0.4) is 0 Å². The first kappa shape index (κ1) is 14.6. The molecular weight excluding hydrogens is 254 g/mol. The van der Waals surface area contributed by atoms with E-state index in [0.29, 0.717) is 12.8 Å². The van der Waals surface area contributed by atoms with Gasteiger partial charge in [0.1, 0.15) is 6.04 Å². The molecule has 0 aliphatic heterocycles. The topological polar surface area (TPSA) is 66.4 Å². The first-order valence-corrected chi connectivity index (χ1v) is 7.12. The van der Waals surface area contributed by atoms with Crippen molar-refractivity contribution in [3.05, 3.63) is 35.4 Å². The number of benzene rings is 1. The van der Waals surface area contributed by atoms with Gasteiger partial charge in [0, 0.05) is 5.92 Å². The SMILES string of the molecule is CCC(C)[C@H](NC(=O)C1Cc2ccccc2C1)C(=O)O. The summed E-state index contributed by atoms with van der Waals surface area (Å²) >= 11 is 0. The Labute approximate surface area is 119 Å². The lowest BCUT2D eigenvalue weighted by Gasteiger charge is -2.22. The molecule has 2 rings (SSSR count). The van der Waals surface area contributed by atoms with Crippen LogP contribution < -0.4 is 5.32 Å². The van der Waals surface area contributed by atoms with E-state index in [-0.39, 0.29) is 17.7 Å². The molecule has 1 aromatic carbocycles. The zero-order valence-electron chi connectivity index (χ0n) is 11.9. The van der Waals surface area contributed by atoms with Crippen LogP contribution in [-0.4, -0.2) is 23.0 Å². The van der Waals surface area contributed by atoms with Crippen LogP contribution in [0.15, 0.2) is 24.3 Å². The summed E-state index contributed by atoms with van der Waals surface area (Å²) in [7, 11) is 0. The second kappa shape index (κ2) is 6.07. The summed E-state index contributed by atoms with van der Waals surface area (Å²) in [5.41, 5.74) is 2.39. The molecule has 0 fully saturated rings. The number of nitrogens with one attached hydrogen (secondary N) is 1. The molecule has 0 spiro atoms. The van der Waals surface area contributed by atoms with E-state index in [0.717, 1.165) is 6.42 Å². The highest BCUT2D eigenvalue weighted by molar-refractivity contribution is 5.86. The van der Waals surface area contributed by atoms with Crippen LogP contribution in [0.2, 0.25) is 0 Å². The van der Waals surface area contributed by atoms with Crippen molar-refractivity contribution in [3.63, 3.8) is 0 Å². The van der Waals surface area contributed by atoms with Gasteiger partial charge in [-0.3, -0.25) is 4.79 Å². The minimum Gasteiger partial charge on any atom is -0.480 e. The number of hydrogen-bond donors (Lipinski definition) is 2. The molecule has 1 aromatic rings. The Balaban J connectivity index is 2.01. The number of aliphatic carboxylic acids is 1. The van der Waals surface area contributed by atoms with Gasteiger partial charge in [-0.05, 0) is 29.9 Å². The standard InChI is InChI=1S/C16H21NO3/c1-3-10(2)14(16(19)20)17-15(18)13-8-11-6-4-5-7-12(11)9-13/h4-7,10,13-14H,3,8-9H2,1-2H3,(H,17,18)(H,19,20)/t10?,14-/m0/s1. The van der Waals surface area contributed by atoms with Crippen molar-refractivity contribution in [2.45, 2.75) is 39.2 Å². The Kier molecular flexibility index (Phi) is 4.42. The third-order valence-electron chi connectivity index (χ3n) is 4.20. The Hall–Kier alpha value is -1.84. The van der Waals surface area contributed by atoms with Crippen molar-refractivity contribution in [3.8, 4) is 0 Å². The molecule has 0 bridgehead atoms. The first-order chi connectivity index (χ1) is 9.52. The monoisotopic (exact) mass is 275 g/mol. The number of rotatable bonds is 5. The molecule has 1 amide bonds. The second-order valence-electron chi connectivity index (χ2n) is 5.58. The second-order valence-corrected chi connectivity index (χ2v) is 5.58. The number of carbonyl (C=O) groups is 2. The lowest BCUT2D eigenvalue weighted by Crippen LogP contribution is -2.47. The van der Waals surface area contributed by atoms with E-state index in [4.69, 9.17) is 0 Å². The number of amides is 1. The van der Waals surface area contributed by atoms with E-state index < -0.39 is 12.0 Å². The van der Waals surface area contributed by atoms with Crippen LogP contribution >= 0.6 is 0 Å². The van der Waals surface area contributed by atoms with Crippen LogP contribution in [0, 0.1) is 11.8 Å². The van der Waals surface area contributed by atoms with Gasteiger partial charge < -0.3 is 10.4 Å². The number of carboxylic acids is 1. The molecule has 20 heavy (non-hydrogen) atoms. The molecule has 2 N–H and O–H groups in total. The normalized spacial score (nSPS) is 17.3. The Bertz CT molecular complexity index is 487. The zero-order chi connectivity index (χ0) is 14.7. The molecule has 4 heteroatoms. The minimum absolute atomic E-state index is 0.0692. The van der Waals surface area contributed by atoms with Crippen LogP contribution in [0.25, 0.3) is 0 Å². The van der Waals surface area contributed by atoms with Crippen LogP contribution in [0.4, 0.5) is 0 Å². The molecule has 1 aliphatic rings. The van der Waals surface area contributed by atoms with E-state index in [1.807, 2.05) is 38.1 Å². The third-order valence-corrected chi connectivity index (χ3v) is 4.20. The van der Waals surface area contributed by atoms with Gasteiger partial charge >= 0.3 is 5.97 Å². The number of hydrogen-bond acceptors (Lipinski definition) is 2. The lowest BCUT2D eigenvalue weighted by molar-refractivity contribution is -0.144. The van der Waals surface area contributed by atoms with E-state index in [1.54, 1.807) is 0 Å². The maximum Gasteiger partial charge on any atom is 0.326 e. The minimum atomic E-state index is -0.955. The molecule has 0 aromatic heterocycles. The molecule has 4 nitrogen and oxygen atoms in total. The van der Waals surface area contributed by atoms with E-state index in [9.17, 15) is 14.7 Å². The summed E-state index contributed by atoms with van der Waals surface area (Å²) in [5, 5.41) is 11.9. The zero-order valence-corrected chi connectivity index (χ0v) is 11.9. The summed E-state index contributed by atoms with van der Waals surface area (Å²) in [6, 6.07) is 7.21. The van der Waals surface area contributed by atoms with Crippen LogP contribution in [0.1, 0.15) is 31.4 Å². The average molecular weight is 275 g/mol. The van der Waals surface area contributed by atoms with Gasteiger partial charge in [0.05, 0.1) is 0 Å². The van der Waals surface area contributed by atoms with Crippen molar-refractivity contribution in [2.24, 2.45) is 11.8 Å². The quantitative estimate of drug-likeness (QED) is 0.864. The van der Waals surface area contributed by atoms with Crippen molar-refractivity contribution in [1.82, 2.24) is 5.32 Å². The maximum atomic E-state index is 12.3. The Morgan fingerprint density at radius 2 is 1.85 bits per heavy atom. The van der Waals surface area contributed by atoms with Gasteiger partial charge in [-0.25, -0.2) is 4.79 Å². The summed E-state index contributed by atoms with van der Waals surface area (Å²) in [6.45, 7) is 3.78. The van der Waals surface area contributed by atoms with Crippen LogP contribution in [-0.2, 0) is 22.4 Å². The number of carbonyl (C=O) groups excluding carboxylic acids is 1. The van der Waals surface area contributed by atoms with Gasteiger partial charge in [0.25, 0.3) is 0 Å². The van der Waals surface area contributed by atoms with Crippen molar-refractivity contribution in [1.29, 1.82) is 0 Å². The average Bonchev–Trinajstić information content (AvgIpc) is 2.87. The number of carboxylic acid groups (broad SMARTS) is 1. The van der Waals surface area contributed by atoms with Gasteiger partial charge in [-0.1, -0.05) is 44.5 Å². The van der Waals surface area contributed by atoms with Gasteiger partial charge in [0.2, 0.25) is 5.91 Å². The van der Waals surface area contributed by atoms with Crippen molar-refractivity contribution in [2.75, 3.05) is 0 Å². The largest absolute Gasteiger partial charge is 0.480 e. The summed E-state index contributed by atoms with van der Waals surface area (Å²) < 4.78 is 0. The summed E-state index contributed by atoms with van der Waals surface area (Å²) in [4.78, 5) is 23.5.